The first-order valence-corrected chi connectivity index (χ1v) is 9.05. The van der Waals surface area contributed by atoms with Crippen LogP contribution in [0.25, 0.3) is 0 Å². The summed E-state index contributed by atoms with van der Waals surface area (Å²) >= 11 is 3.44. The predicted molar refractivity (Wildman–Crippen MR) is 88.0 cm³/mol. The molecule has 1 aliphatic rings. The molecule has 0 radical (unpaired) electrons. The van der Waals surface area contributed by atoms with Gasteiger partial charge in [0.05, 0.1) is 10.9 Å². The van der Waals surface area contributed by atoms with Crippen molar-refractivity contribution in [2.24, 2.45) is 0 Å². The van der Waals surface area contributed by atoms with Gasteiger partial charge in [-0.1, -0.05) is 18.2 Å². The third-order valence-electron chi connectivity index (χ3n) is 3.77. The number of likely N-dealkylation sites (N-methyl/N-ethyl adjacent to an activating group) is 1. The normalized spacial score (nSPS) is 16.7. The summed E-state index contributed by atoms with van der Waals surface area (Å²) < 4.78 is 0. The van der Waals surface area contributed by atoms with Crippen molar-refractivity contribution in [3.05, 3.63) is 46.4 Å². The molecule has 110 valence electrons. The highest BCUT2D eigenvalue weighted by atomic mass is 32.2. The fourth-order valence-corrected chi connectivity index (χ4v) is 4.45. The highest BCUT2D eigenvalue weighted by Gasteiger charge is 2.31. The van der Waals surface area contributed by atoms with E-state index in [1.54, 1.807) is 23.1 Å². The number of carbonyl (C=O) groups is 1. The highest BCUT2D eigenvalue weighted by Crippen LogP contribution is 2.40. The first kappa shape index (κ1) is 14.6. The Labute approximate surface area is 133 Å². The number of rotatable bonds is 5. The summed E-state index contributed by atoms with van der Waals surface area (Å²) in [5, 5.41) is 3.08. The number of hydrogen-bond acceptors (Lipinski definition) is 4. The molecule has 0 unspecified atom stereocenters. The monoisotopic (exact) mass is 318 g/mol. The molecule has 5 heteroatoms. The maximum Gasteiger partial charge on any atom is 0.231 e. The standard InChI is InChI=1S/C16H18N2OS2/c1-2-18(9-7-15-17-8-10-20-15)16(19)13-11-21-14-6-4-3-5-12(13)14/h3-6,8,10,13H,2,7,9,11H2,1H3/t13-/m1/s1. The Hall–Kier alpha value is -1.33. The molecular weight excluding hydrogens is 300 g/mol. The van der Waals surface area contributed by atoms with E-state index in [0.717, 1.165) is 30.3 Å². The Bertz CT molecular complexity index is 612. The quantitative estimate of drug-likeness (QED) is 0.847. The average molecular weight is 318 g/mol. The Kier molecular flexibility index (Phi) is 4.60. The topological polar surface area (TPSA) is 33.2 Å². The minimum absolute atomic E-state index is 0.0162. The van der Waals surface area contributed by atoms with Crippen molar-refractivity contribution in [2.75, 3.05) is 18.8 Å². The molecule has 1 atom stereocenters. The first-order chi connectivity index (χ1) is 10.3. The lowest BCUT2D eigenvalue weighted by Crippen LogP contribution is -2.36. The molecule has 0 aliphatic carbocycles. The largest absolute Gasteiger partial charge is 0.342 e. The molecule has 1 aromatic heterocycles. The van der Waals surface area contributed by atoms with Crippen LogP contribution in [-0.4, -0.2) is 34.6 Å². The third-order valence-corrected chi connectivity index (χ3v) is 5.79. The van der Waals surface area contributed by atoms with Crippen LogP contribution in [0.15, 0.2) is 40.7 Å². The van der Waals surface area contributed by atoms with Crippen molar-refractivity contribution in [1.29, 1.82) is 0 Å². The molecule has 3 nitrogen and oxygen atoms in total. The highest BCUT2D eigenvalue weighted by molar-refractivity contribution is 7.99. The summed E-state index contributed by atoms with van der Waals surface area (Å²) in [5.41, 5.74) is 1.19. The van der Waals surface area contributed by atoms with Crippen LogP contribution >= 0.6 is 23.1 Å². The number of thioether (sulfide) groups is 1. The summed E-state index contributed by atoms with van der Waals surface area (Å²) in [6, 6.07) is 8.27. The molecule has 1 aliphatic heterocycles. The van der Waals surface area contributed by atoms with Gasteiger partial charge in [-0.15, -0.1) is 23.1 Å². The summed E-state index contributed by atoms with van der Waals surface area (Å²) in [6.45, 7) is 3.56. The van der Waals surface area contributed by atoms with Gasteiger partial charge in [0.15, 0.2) is 0 Å². The van der Waals surface area contributed by atoms with Crippen molar-refractivity contribution in [2.45, 2.75) is 24.2 Å². The zero-order chi connectivity index (χ0) is 14.7. The lowest BCUT2D eigenvalue weighted by Gasteiger charge is -2.24. The van der Waals surface area contributed by atoms with Gasteiger partial charge >= 0.3 is 0 Å². The van der Waals surface area contributed by atoms with E-state index in [9.17, 15) is 4.79 Å². The predicted octanol–water partition coefficient (Wildman–Crippen LogP) is 3.42. The Morgan fingerprint density at radius 1 is 1.43 bits per heavy atom. The van der Waals surface area contributed by atoms with Gasteiger partial charge in [0.1, 0.15) is 0 Å². The summed E-state index contributed by atoms with van der Waals surface area (Å²) in [6.07, 6.45) is 2.67. The van der Waals surface area contributed by atoms with E-state index < -0.39 is 0 Å². The molecule has 21 heavy (non-hydrogen) atoms. The van der Waals surface area contributed by atoms with Crippen LogP contribution in [0.5, 0.6) is 0 Å². The van der Waals surface area contributed by atoms with E-state index >= 15 is 0 Å². The fourth-order valence-electron chi connectivity index (χ4n) is 2.62. The van der Waals surface area contributed by atoms with E-state index in [2.05, 4.69) is 17.1 Å². The molecule has 0 saturated carbocycles. The van der Waals surface area contributed by atoms with Crippen molar-refractivity contribution in [1.82, 2.24) is 9.88 Å². The van der Waals surface area contributed by atoms with Gasteiger partial charge in [-0.05, 0) is 18.6 Å². The van der Waals surface area contributed by atoms with Crippen molar-refractivity contribution in [3.8, 4) is 0 Å². The third kappa shape index (κ3) is 3.14. The van der Waals surface area contributed by atoms with Gasteiger partial charge in [-0.25, -0.2) is 4.98 Å². The zero-order valence-corrected chi connectivity index (χ0v) is 13.6. The van der Waals surface area contributed by atoms with E-state index in [1.807, 2.05) is 35.5 Å². The maximum absolute atomic E-state index is 12.8. The van der Waals surface area contributed by atoms with Gasteiger partial charge in [0, 0.05) is 41.7 Å². The molecule has 0 fully saturated rings. The maximum atomic E-state index is 12.8. The number of carbonyl (C=O) groups excluding carboxylic acids is 1. The molecule has 3 rings (SSSR count). The van der Waals surface area contributed by atoms with Crippen LogP contribution < -0.4 is 0 Å². The molecule has 1 aromatic carbocycles. The Morgan fingerprint density at radius 3 is 3.05 bits per heavy atom. The number of aromatic nitrogens is 1. The fraction of sp³-hybridized carbons (Fsp3) is 0.375. The molecule has 0 spiro atoms. The SMILES string of the molecule is CCN(CCc1nccs1)C(=O)[C@@H]1CSc2ccccc21. The van der Waals surface area contributed by atoms with Crippen molar-refractivity contribution < 1.29 is 4.79 Å². The van der Waals surface area contributed by atoms with Gasteiger partial charge in [-0.2, -0.15) is 0 Å². The number of benzene rings is 1. The molecular formula is C16H18N2OS2. The zero-order valence-electron chi connectivity index (χ0n) is 12.0. The lowest BCUT2D eigenvalue weighted by atomic mass is 10.00. The second-order valence-electron chi connectivity index (χ2n) is 5.00. The minimum Gasteiger partial charge on any atom is -0.342 e. The van der Waals surface area contributed by atoms with Gasteiger partial charge in [-0.3, -0.25) is 4.79 Å². The van der Waals surface area contributed by atoms with E-state index in [-0.39, 0.29) is 11.8 Å². The summed E-state index contributed by atoms with van der Waals surface area (Å²) in [4.78, 5) is 20.3. The Morgan fingerprint density at radius 2 is 2.29 bits per heavy atom. The second-order valence-corrected chi connectivity index (χ2v) is 7.04. The summed E-state index contributed by atoms with van der Waals surface area (Å²) in [5.74, 6) is 1.14. The van der Waals surface area contributed by atoms with Crippen molar-refractivity contribution in [3.63, 3.8) is 0 Å². The average Bonchev–Trinajstić information content (AvgIpc) is 3.17. The summed E-state index contributed by atoms with van der Waals surface area (Å²) in [7, 11) is 0. The number of thiazole rings is 1. The van der Waals surface area contributed by atoms with Crippen LogP contribution in [0.4, 0.5) is 0 Å². The molecule has 1 amide bonds. The van der Waals surface area contributed by atoms with Crippen LogP contribution in [0.2, 0.25) is 0 Å². The van der Waals surface area contributed by atoms with Crippen LogP contribution in [0.3, 0.4) is 0 Å². The smallest absolute Gasteiger partial charge is 0.231 e. The Balaban J connectivity index is 1.68. The van der Waals surface area contributed by atoms with Crippen LogP contribution in [0.1, 0.15) is 23.4 Å². The van der Waals surface area contributed by atoms with E-state index in [4.69, 9.17) is 0 Å². The molecule has 2 aromatic rings. The van der Waals surface area contributed by atoms with Gasteiger partial charge in [0.25, 0.3) is 0 Å². The molecule has 0 saturated heterocycles. The van der Waals surface area contributed by atoms with Crippen LogP contribution in [0, 0.1) is 0 Å². The van der Waals surface area contributed by atoms with Gasteiger partial charge in [0.2, 0.25) is 5.91 Å². The van der Waals surface area contributed by atoms with E-state index in [1.165, 1.54) is 10.5 Å². The number of fused-ring (bicyclic) bond motifs is 1. The number of amides is 1. The van der Waals surface area contributed by atoms with Crippen molar-refractivity contribution >= 4 is 29.0 Å². The van der Waals surface area contributed by atoms with E-state index in [0.29, 0.717) is 0 Å². The van der Waals surface area contributed by atoms with Gasteiger partial charge < -0.3 is 4.90 Å². The molecule has 0 bridgehead atoms. The number of nitrogens with zero attached hydrogens (tertiary/aromatic N) is 2. The lowest BCUT2D eigenvalue weighted by molar-refractivity contribution is -0.132. The first-order valence-electron chi connectivity index (χ1n) is 7.18. The molecule has 2 heterocycles. The number of hydrogen-bond donors (Lipinski definition) is 0. The second kappa shape index (κ2) is 6.62. The minimum atomic E-state index is 0.0162. The van der Waals surface area contributed by atoms with Crippen LogP contribution in [-0.2, 0) is 11.2 Å². The molecule has 0 N–H and O–H groups in total.